The summed E-state index contributed by atoms with van der Waals surface area (Å²) in [6, 6.07) is 62.8. The fraction of sp³-hybridized carbons (Fsp3) is 0. The predicted octanol–water partition coefficient (Wildman–Crippen LogP) is 14.5. The molecule has 2 heteroatoms. The zero-order valence-electron chi connectivity index (χ0n) is 28.1. The normalized spacial score (nSPS) is 11.8. The maximum absolute atomic E-state index is 6.81. The van der Waals surface area contributed by atoms with Crippen molar-refractivity contribution in [2.24, 2.45) is 0 Å². The van der Waals surface area contributed by atoms with Gasteiger partial charge in [-0.3, -0.25) is 0 Å². The Balaban J connectivity index is 1.29. The summed E-state index contributed by atoms with van der Waals surface area (Å²) in [5, 5.41) is 10.3. The fourth-order valence-electron chi connectivity index (χ4n) is 8.55. The Labute approximate surface area is 299 Å². The number of fused-ring (bicyclic) bond motifs is 8. The van der Waals surface area contributed by atoms with E-state index in [1.54, 1.807) is 0 Å². The van der Waals surface area contributed by atoms with Crippen LogP contribution in [-0.4, -0.2) is 0 Å². The lowest BCUT2D eigenvalue weighted by Gasteiger charge is -2.20. The number of para-hydroxylation sites is 1. The highest BCUT2D eigenvalue weighted by molar-refractivity contribution is 6.30. The molecule has 0 N–H and O–H groups in total. The van der Waals surface area contributed by atoms with Crippen LogP contribution in [-0.2, 0) is 0 Å². The molecule has 0 radical (unpaired) electrons. The molecule has 2 nitrogen and oxygen atoms in total. The van der Waals surface area contributed by atoms with E-state index in [0.717, 1.165) is 55.2 Å². The van der Waals surface area contributed by atoms with Gasteiger partial charge in [0, 0.05) is 32.8 Å². The van der Waals surface area contributed by atoms with E-state index in [0.29, 0.717) is 0 Å². The standard InChI is InChI=1S/C50H30O2/c1-2-15-31(16-3-1)34-20-6-7-21-36(34)46-37-22-8-10-24-39(37)47(40-25-11-9-23-38(40)46)42-29-45-48(41-26-12-13-28-44(41)52-45)49-43(30-51-50(42)49)35-27-14-18-32-17-4-5-19-33(32)35/h1-30H. The molecule has 0 saturated carbocycles. The van der Waals surface area contributed by atoms with Crippen molar-refractivity contribution in [2.45, 2.75) is 0 Å². The quantitative estimate of drug-likeness (QED) is 0.175. The van der Waals surface area contributed by atoms with Gasteiger partial charge in [0.2, 0.25) is 0 Å². The first-order valence-corrected chi connectivity index (χ1v) is 17.8. The molecule has 0 aliphatic heterocycles. The molecule has 0 atom stereocenters. The van der Waals surface area contributed by atoms with Gasteiger partial charge in [0.1, 0.15) is 16.7 Å². The predicted molar refractivity (Wildman–Crippen MR) is 218 cm³/mol. The van der Waals surface area contributed by atoms with Crippen LogP contribution in [0.1, 0.15) is 0 Å². The first-order valence-electron chi connectivity index (χ1n) is 17.8. The average molecular weight is 663 g/mol. The zero-order valence-corrected chi connectivity index (χ0v) is 28.1. The van der Waals surface area contributed by atoms with E-state index < -0.39 is 0 Å². The molecule has 0 aliphatic rings. The second-order valence-electron chi connectivity index (χ2n) is 13.5. The van der Waals surface area contributed by atoms with Crippen molar-refractivity contribution < 1.29 is 8.83 Å². The molecule has 0 spiro atoms. The van der Waals surface area contributed by atoms with Crippen LogP contribution in [0.25, 0.3) is 110 Å². The van der Waals surface area contributed by atoms with Gasteiger partial charge < -0.3 is 8.83 Å². The van der Waals surface area contributed by atoms with Crippen LogP contribution in [0.15, 0.2) is 191 Å². The van der Waals surface area contributed by atoms with E-state index in [2.05, 4.69) is 170 Å². The van der Waals surface area contributed by atoms with Crippen LogP contribution in [0.5, 0.6) is 0 Å². The summed E-state index contributed by atoms with van der Waals surface area (Å²) in [5.74, 6) is 0. The molecule has 242 valence electrons. The minimum Gasteiger partial charge on any atom is -0.463 e. The molecule has 11 aromatic rings. The van der Waals surface area contributed by atoms with Crippen molar-refractivity contribution >= 4 is 65.2 Å². The van der Waals surface area contributed by atoms with Gasteiger partial charge in [-0.15, -0.1) is 0 Å². The smallest absolute Gasteiger partial charge is 0.143 e. The molecule has 52 heavy (non-hydrogen) atoms. The Kier molecular flexibility index (Phi) is 6.28. The van der Waals surface area contributed by atoms with Crippen LogP contribution < -0.4 is 0 Å². The van der Waals surface area contributed by atoms with E-state index in [1.165, 1.54) is 54.6 Å². The summed E-state index contributed by atoms with van der Waals surface area (Å²) in [4.78, 5) is 0. The number of hydrogen-bond acceptors (Lipinski definition) is 2. The average Bonchev–Trinajstić information content (AvgIpc) is 3.82. The van der Waals surface area contributed by atoms with Gasteiger partial charge in [-0.2, -0.15) is 0 Å². The summed E-state index contributed by atoms with van der Waals surface area (Å²) in [7, 11) is 0. The third kappa shape index (κ3) is 4.19. The number of rotatable bonds is 4. The Morgan fingerprint density at radius 2 is 0.865 bits per heavy atom. The second-order valence-corrected chi connectivity index (χ2v) is 13.5. The lowest BCUT2D eigenvalue weighted by Crippen LogP contribution is -1.93. The number of hydrogen-bond donors (Lipinski definition) is 0. The molecular weight excluding hydrogens is 633 g/mol. The minimum atomic E-state index is 0.846. The second kappa shape index (κ2) is 11.3. The Morgan fingerprint density at radius 3 is 1.60 bits per heavy atom. The molecule has 0 bridgehead atoms. The van der Waals surface area contributed by atoms with Crippen LogP contribution in [0.2, 0.25) is 0 Å². The van der Waals surface area contributed by atoms with Crippen molar-refractivity contribution in [3.05, 3.63) is 182 Å². The molecule has 11 rings (SSSR count). The Bertz CT molecular complexity index is 3120. The van der Waals surface area contributed by atoms with Gasteiger partial charge in [0.05, 0.1) is 6.26 Å². The molecule has 0 unspecified atom stereocenters. The van der Waals surface area contributed by atoms with E-state index in [1.807, 2.05) is 12.3 Å². The Morgan fingerprint density at radius 1 is 0.327 bits per heavy atom. The first-order chi connectivity index (χ1) is 25.8. The molecule has 0 amide bonds. The molecule has 2 heterocycles. The SMILES string of the molecule is c1ccc(-c2ccccc2-c2c3ccccc3c(-c3cc4oc5ccccc5c4c4c(-c5cccc6ccccc56)coc34)c3ccccc23)cc1. The minimum absolute atomic E-state index is 0.846. The van der Waals surface area contributed by atoms with Crippen LogP contribution >= 0.6 is 0 Å². The maximum atomic E-state index is 6.81. The highest BCUT2D eigenvalue weighted by atomic mass is 16.3. The number of furan rings is 2. The van der Waals surface area contributed by atoms with Crippen molar-refractivity contribution in [2.75, 3.05) is 0 Å². The molecule has 9 aromatic carbocycles. The summed E-state index contributed by atoms with van der Waals surface area (Å²) < 4.78 is 13.5. The third-order valence-electron chi connectivity index (χ3n) is 10.7. The van der Waals surface area contributed by atoms with Crippen LogP contribution in [0, 0.1) is 0 Å². The largest absolute Gasteiger partial charge is 0.463 e. The van der Waals surface area contributed by atoms with E-state index in [9.17, 15) is 0 Å². The van der Waals surface area contributed by atoms with Crippen LogP contribution in [0.3, 0.4) is 0 Å². The van der Waals surface area contributed by atoms with Crippen molar-refractivity contribution in [1.82, 2.24) is 0 Å². The topological polar surface area (TPSA) is 26.3 Å². The van der Waals surface area contributed by atoms with Gasteiger partial charge in [-0.05, 0) is 72.3 Å². The monoisotopic (exact) mass is 662 g/mol. The van der Waals surface area contributed by atoms with Gasteiger partial charge in [0.15, 0.2) is 0 Å². The fourth-order valence-corrected chi connectivity index (χ4v) is 8.55. The first kappa shape index (κ1) is 28.9. The molecule has 0 fully saturated rings. The van der Waals surface area contributed by atoms with Crippen molar-refractivity contribution in [3.63, 3.8) is 0 Å². The van der Waals surface area contributed by atoms with Crippen LogP contribution in [0.4, 0.5) is 0 Å². The van der Waals surface area contributed by atoms with Gasteiger partial charge in [0.25, 0.3) is 0 Å². The molecule has 2 aromatic heterocycles. The highest BCUT2D eigenvalue weighted by Crippen LogP contribution is 2.51. The summed E-state index contributed by atoms with van der Waals surface area (Å²) in [6.07, 6.45) is 1.95. The Hall–Kier alpha value is -6.90. The summed E-state index contributed by atoms with van der Waals surface area (Å²) in [5.41, 5.74) is 11.8. The molecule has 0 saturated heterocycles. The van der Waals surface area contributed by atoms with E-state index in [-0.39, 0.29) is 0 Å². The zero-order chi connectivity index (χ0) is 34.2. The van der Waals surface area contributed by atoms with Gasteiger partial charge >= 0.3 is 0 Å². The number of benzene rings is 9. The van der Waals surface area contributed by atoms with Gasteiger partial charge in [-0.25, -0.2) is 0 Å². The third-order valence-corrected chi connectivity index (χ3v) is 10.7. The highest BCUT2D eigenvalue weighted by Gasteiger charge is 2.25. The van der Waals surface area contributed by atoms with Crippen molar-refractivity contribution in [1.29, 1.82) is 0 Å². The van der Waals surface area contributed by atoms with E-state index >= 15 is 0 Å². The van der Waals surface area contributed by atoms with Gasteiger partial charge in [-0.1, -0.05) is 164 Å². The lowest BCUT2D eigenvalue weighted by molar-refractivity contribution is 0.617. The summed E-state index contributed by atoms with van der Waals surface area (Å²) in [6.45, 7) is 0. The maximum Gasteiger partial charge on any atom is 0.143 e. The molecular formula is C50H30O2. The van der Waals surface area contributed by atoms with Crippen molar-refractivity contribution in [3.8, 4) is 44.5 Å². The summed E-state index contributed by atoms with van der Waals surface area (Å²) >= 11 is 0. The molecule has 0 aliphatic carbocycles. The van der Waals surface area contributed by atoms with E-state index in [4.69, 9.17) is 8.83 Å². The lowest BCUT2D eigenvalue weighted by atomic mass is 9.83.